The molecule has 2 aromatic carbocycles. The molecule has 3 rings (SSSR count). The number of carbonyl (C=O) groups excluding carboxylic acids is 1. The molecule has 6 heteroatoms. The van der Waals surface area contributed by atoms with E-state index in [-0.39, 0.29) is 18.1 Å². The second kappa shape index (κ2) is 8.29. The molecular formula is C20H18F2N2O2. The molecule has 0 unspecified atom stereocenters. The summed E-state index contributed by atoms with van der Waals surface area (Å²) in [7, 11) is 0. The number of aromatic nitrogens is 1. The van der Waals surface area contributed by atoms with Gasteiger partial charge in [0.2, 0.25) is 5.91 Å². The Bertz CT molecular complexity index is 829. The van der Waals surface area contributed by atoms with Gasteiger partial charge in [0.15, 0.2) is 0 Å². The molecule has 0 atom stereocenters. The summed E-state index contributed by atoms with van der Waals surface area (Å²) >= 11 is 0. The topological polar surface area (TPSA) is 43.3 Å². The lowest BCUT2D eigenvalue weighted by molar-refractivity contribution is -0.120. The van der Waals surface area contributed by atoms with Crippen molar-refractivity contribution in [3.63, 3.8) is 0 Å². The Labute approximate surface area is 150 Å². The highest BCUT2D eigenvalue weighted by Crippen LogP contribution is 2.15. The highest BCUT2D eigenvalue weighted by atomic mass is 19.3. The molecule has 1 aromatic heterocycles. The predicted molar refractivity (Wildman–Crippen MR) is 94.4 cm³/mol. The Hall–Kier alpha value is -3.15. The van der Waals surface area contributed by atoms with Crippen LogP contribution in [0.5, 0.6) is 5.75 Å². The predicted octanol–water partition coefficient (Wildman–Crippen LogP) is 3.94. The van der Waals surface area contributed by atoms with E-state index in [2.05, 4.69) is 10.1 Å². The van der Waals surface area contributed by atoms with Crippen LogP contribution >= 0.6 is 0 Å². The van der Waals surface area contributed by atoms with Gasteiger partial charge in [-0.1, -0.05) is 24.3 Å². The lowest BCUT2D eigenvalue weighted by atomic mass is 10.1. The molecule has 0 saturated carbocycles. The molecule has 0 spiro atoms. The zero-order valence-corrected chi connectivity index (χ0v) is 13.9. The molecule has 0 saturated heterocycles. The first kappa shape index (κ1) is 17.7. The minimum atomic E-state index is -2.84. The minimum Gasteiger partial charge on any atom is -0.435 e. The van der Waals surface area contributed by atoms with E-state index in [9.17, 15) is 13.6 Å². The van der Waals surface area contributed by atoms with Gasteiger partial charge in [-0.05, 0) is 47.5 Å². The van der Waals surface area contributed by atoms with Crippen LogP contribution in [0.3, 0.4) is 0 Å². The van der Waals surface area contributed by atoms with Crippen LogP contribution in [-0.4, -0.2) is 17.1 Å². The van der Waals surface area contributed by atoms with Crippen LogP contribution in [0.25, 0.3) is 5.69 Å². The van der Waals surface area contributed by atoms with E-state index in [0.717, 1.165) is 16.8 Å². The molecule has 26 heavy (non-hydrogen) atoms. The number of halogens is 2. The van der Waals surface area contributed by atoms with E-state index in [1.54, 1.807) is 12.1 Å². The van der Waals surface area contributed by atoms with Crippen molar-refractivity contribution in [2.45, 2.75) is 19.6 Å². The zero-order chi connectivity index (χ0) is 18.4. The fourth-order valence-electron chi connectivity index (χ4n) is 2.53. The molecule has 1 heterocycles. The van der Waals surface area contributed by atoms with Crippen molar-refractivity contribution in [2.24, 2.45) is 0 Å². The van der Waals surface area contributed by atoms with Crippen molar-refractivity contribution in [2.75, 3.05) is 0 Å². The Morgan fingerprint density at radius 2 is 1.58 bits per heavy atom. The number of benzene rings is 2. The SMILES string of the molecule is O=C(Cc1ccc(-n2cccc2)cc1)NCc1ccc(OC(F)F)cc1. The van der Waals surface area contributed by atoms with Crippen molar-refractivity contribution in [3.05, 3.63) is 84.2 Å². The van der Waals surface area contributed by atoms with Gasteiger partial charge in [-0.15, -0.1) is 0 Å². The van der Waals surface area contributed by atoms with Crippen LogP contribution in [-0.2, 0) is 17.8 Å². The molecule has 3 aromatic rings. The highest BCUT2D eigenvalue weighted by molar-refractivity contribution is 5.78. The number of alkyl halides is 2. The van der Waals surface area contributed by atoms with Gasteiger partial charge in [0.25, 0.3) is 0 Å². The molecule has 1 amide bonds. The fraction of sp³-hybridized carbons (Fsp3) is 0.150. The van der Waals surface area contributed by atoms with Gasteiger partial charge in [-0.3, -0.25) is 4.79 Å². The van der Waals surface area contributed by atoms with Gasteiger partial charge in [-0.2, -0.15) is 8.78 Å². The van der Waals surface area contributed by atoms with E-state index in [0.29, 0.717) is 6.54 Å². The van der Waals surface area contributed by atoms with Crippen LogP contribution in [0.1, 0.15) is 11.1 Å². The summed E-state index contributed by atoms with van der Waals surface area (Å²) in [5.74, 6) is -0.00974. The van der Waals surface area contributed by atoms with Crippen molar-refractivity contribution in [1.29, 1.82) is 0 Å². The van der Waals surface area contributed by atoms with E-state index < -0.39 is 6.61 Å². The number of hydrogen-bond donors (Lipinski definition) is 1. The third-order valence-corrected chi connectivity index (χ3v) is 3.84. The molecule has 0 bridgehead atoms. The van der Waals surface area contributed by atoms with Gasteiger partial charge in [0.05, 0.1) is 6.42 Å². The first-order valence-electron chi connectivity index (χ1n) is 8.13. The number of amides is 1. The van der Waals surface area contributed by atoms with Crippen LogP contribution < -0.4 is 10.1 Å². The molecule has 134 valence electrons. The van der Waals surface area contributed by atoms with Crippen LogP contribution in [0.2, 0.25) is 0 Å². The van der Waals surface area contributed by atoms with Crippen molar-refractivity contribution < 1.29 is 18.3 Å². The Morgan fingerprint density at radius 1 is 0.962 bits per heavy atom. The van der Waals surface area contributed by atoms with E-state index in [1.807, 2.05) is 53.4 Å². The summed E-state index contributed by atoms with van der Waals surface area (Å²) in [5.41, 5.74) is 2.76. The van der Waals surface area contributed by atoms with Gasteiger partial charge in [0, 0.05) is 24.6 Å². The summed E-state index contributed by atoms with van der Waals surface area (Å²) in [4.78, 5) is 12.1. The maximum atomic E-state index is 12.1. The first-order valence-corrected chi connectivity index (χ1v) is 8.13. The second-order valence-corrected chi connectivity index (χ2v) is 5.73. The largest absolute Gasteiger partial charge is 0.435 e. The lowest BCUT2D eigenvalue weighted by Crippen LogP contribution is -2.24. The fourth-order valence-corrected chi connectivity index (χ4v) is 2.53. The van der Waals surface area contributed by atoms with Crippen molar-refractivity contribution in [1.82, 2.24) is 9.88 Å². The summed E-state index contributed by atoms with van der Waals surface area (Å²) in [6.45, 7) is -2.51. The van der Waals surface area contributed by atoms with Gasteiger partial charge in [0.1, 0.15) is 5.75 Å². The van der Waals surface area contributed by atoms with Crippen molar-refractivity contribution >= 4 is 5.91 Å². The molecule has 4 nitrogen and oxygen atoms in total. The maximum Gasteiger partial charge on any atom is 0.387 e. The number of carbonyl (C=O) groups is 1. The summed E-state index contributed by atoms with van der Waals surface area (Å²) in [6, 6.07) is 17.9. The summed E-state index contributed by atoms with van der Waals surface area (Å²) in [6.07, 6.45) is 4.19. The van der Waals surface area contributed by atoms with E-state index in [4.69, 9.17) is 0 Å². The third-order valence-electron chi connectivity index (χ3n) is 3.84. The summed E-state index contributed by atoms with van der Waals surface area (Å²) < 4.78 is 30.5. The van der Waals surface area contributed by atoms with Gasteiger partial charge >= 0.3 is 6.61 Å². The second-order valence-electron chi connectivity index (χ2n) is 5.73. The third kappa shape index (κ3) is 4.92. The van der Waals surface area contributed by atoms with Crippen LogP contribution in [0.4, 0.5) is 8.78 Å². The smallest absolute Gasteiger partial charge is 0.387 e. The van der Waals surface area contributed by atoms with E-state index >= 15 is 0 Å². The molecule has 0 radical (unpaired) electrons. The number of rotatable bonds is 7. The Kier molecular flexibility index (Phi) is 5.63. The number of nitrogens with zero attached hydrogens (tertiary/aromatic N) is 1. The van der Waals surface area contributed by atoms with Gasteiger partial charge < -0.3 is 14.6 Å². The van der Waals surface area contributed by atoms with Crippen LogP contribution in [0, 0.1) is 0 Å². The number of ether oxygens (including phenoxy) is 1. The molecule has 1 N–H and O–H groups in total. The molecular weight excluding hydrogens is 338 g/mol. The molecule has 0 aliphatic carbocycles. The maximum absolute atomic E-state index is 12.1. The molecule has 0 aliphatic rings. The van der Waals surface area contributed by atoms with Gasteiger partial charge in [-0.25, -0.2) is 0 Å². The summed E-state index contributed by atoms with van der Waals surface area (Å²) in [5, 5.41) is 2.82. The lowest BCUT2D eigenvalue weighted by Gasteiger charge is -2.08. The Morgan fingerprint density at radius 3 is 2.19 bits per heavy atom. The average molecular weight is 356 g/mol. The number of nitrogens with one attached hydrogen (secondary N) is 1. The Balaban J connectivity index is 1.49. The molecule has 0 aliphatic heterocycles. The number of hydrogen-bond acceptors (Lipinski definition) is 2. The normalized spacial score (nSPS) is 10.7. The highest BCUT2D eigenvalue weighted by Gasteiger charge is 2.06. The minimum absolute atomic E-state index is 0.0952. The monoisotopic (exact) mass is 356 g/mol. The first-order chi connectivity index (χ1) is 12.6. The quantitative estimate of drug-likeness (QED) is 0.697. The average Bonchev–Trinajstić information content (AvgIpc) is 3.16. The zero-order valence-electron chi connectivity index (χ0n) is 13.9. The van der Waals surface area contributed by atoms with Crippen molar-refractivity contribution in [3.8, 4) is 11.4 Å². The van der Waals surface area contributed by atoms with E-state index in [1.165, 1.54) is 12.1 Å². The molecule has 0 fully saturated rings. The standard InChI is InChI=1S/C20H18F2N2O2/c21-20(22)26-18-9-5-16(6-10-18)14-23-19(25)13-15-3-7-17(8-4-15)24-11-1-2-12-24/h1-12,20H,13-14H2,(H,23,25). The van der Waals surface area contributed by atoms with Crippen LogP contribution in [0.15, 0.2) is 73.1 Å².